The van der Waals surface area contributed by atoms with Crippen molar-refractivity contribution < 1.29 is 19.4 Å². The lowest BCUT2D eigenvalue weighted by atomic mass is 9.95. The Labute approximate surface area is 181 Å². The van der Waals surface area contributed by atoms with Gasteiger partial charge in [0.15, 0.2) is 0 Å². The Bertz CT molecular complexity index is 1160. The summed E-state index contributed by atoms with van der Waals surface area (Å²) in [4.78, 5) is 30.5. The molecular weight excluding hydrogens is 392 g/mol. The standard InChI is InChI=1S/C25H26N2O4/c1-4-13-27-22(16-9-11-17(12-10-16)31-15(2)3)21(24(29)25(27)30)23(28)19-14-26-20-8-6-5-7-18(19)20/h5-12,14-15,22,26,28H,4,13H2,1-3H3/b23-21-. The third kappa shape index (κ3) is 3.69. The Morgan fingerprint density at radius 2 is 1.84 bits per heavy atom. The van der Waals surface area contributed by atoms with Gasteiger partial charge in [0.25, 0.3) is 11.7 Å². The Morgan fingerprint density at radius 1 is 1.13 bits per heavy atom. The highest BCUT2D eigenvalue weighted by molar-refractivity contribution is 6.46. The fourth-order valence-corrected chi connectivity index (χ4v) is 4.11. The number of hydrogen-bond donors (Lipinski definition) is 2. The van der Waals surface area contributed by atoms with Crippen LogP contribution in [0.2, 0.25) is 0 Å². The molecule has 0 aliphatic carbocycles. The predicted molar refractivity (Wildman–Crippen MR) is 120 cm³/mol. The summed E-state index contributed by atoms with van der Waals surface area (Å²) in [6.45, 7) is 6.27. The van der Waals surface area contributed by atoms with E-state index in [0.29, 0.717) is 24.3 Å². The third-order valence-electron chi connectivity index (χ3n) is 5.42. The molecule has 0 bridgehead atoms. The number of likely N-dealkylation sites (tertiary alicyclic amines) is 1. The Kier molecular flexibility index (Phi) is 5.55. The summed E-state index contributed by atoms with van der Waals surface area (Å²) < 4.78 is 5.72. The van der Waals surface area contributed by atoms with Crippen LogP contribution in [-0.2, 0) is 9.59 Å². The number of nitrogens with one attached hydrogen (secondary N) is 1. The van der Waals surface area contributed by atoms with E-state index in [4.69, 9.17) is 4.74 Å². The van der Waals surface area contributed by atoms with Crippen molar-refractivity contribution in [2.45, 2.75) is 39.3 Å². The molecule has 1 aliphatic rings. The zero-order valence-corrected chi connectivity index (χ0v) is 17.9. The minimum Gasteiger partial charge on any atom is -0.507 e. The van der Waals surface area contributed by atoms with Crippen LogP contribution in [0.1, 0.15) is 44.4 Å². The van der Waals surface area contributed by atoms with E-state index in [1.165, 1.54) is 0 Å². The molecule has 2 heterocycles. The average Bonchev–Trinajstić information content (AvgIpc) is 3.29. The number of aromatic nitrogens is 1. The molecule has 6 heteroatoms. The number of rotatable bonds is 6. The molecular formula is C25H26N2O4. The van der Waals surface area contributed by atoms with Crippen LogP contribution in [0.5, 0.6) is 5.75 Å². The highest BCUT2D eigenvalue weighted by Gasteiger charge is 2.45. The van der Waals surface area contributed by atoms with Gasteiger partial charge < -0.3 is 19.7 Å². The maximum Gasteiger partial charge on any atom is 0.295 e. The monoisotopic (exact) mass is 418 g/mol. The lowest BCUT2D eigenvalue weighted by molar-refractivity contribution is -0.139. The zero-order chi connectivity index (χ0) is 22.1. The van der Waals surface area contributed by atoms with Gasteiger partial charge in [0, 0.05) is 29.2 Å². The third-order valence-corrected chi connectivity index (χ3v) is 5.42. The van der Waals surface area contributed by atoms with Crippen molar-refractivity contribution in [3.8, 4) is 5.75 Å². The molecule has 4 rings (SSSR count). The first-order chi connectivity index (χ1) is 14.9. The molecule has 0 radical (unpaired) electrons. The van der Waals surface area contributed by atoms with Crippen molar-refractivity contribution in [1.82, 2.24) is 9.88 Å². The number of fused-ring (bicyclic) bond motifs is 1. The van der Waals surface area contributed by atoms with Gasteiger partial charge in [0.05, 0.1) is 17.7 Å². The van der Waals surface area contributed by atoms with E-state index < -0.39 is 17.7 Å². The summed E-state index contributed by atoms with van der Waals surface area (Å²) in [6, 6.07) is 14.2. The number of H-pyrrole nitrogens is 1. The maximum absolute atomic E-state index is 13.0. The van der Waals surface area contributed by atoms with E-state index in [9.17, 15) is 14.7 Å². The second kappa shape index (κ2) is 8.30. The fourth-order valence-electron chi connectivity index (χ4n) is 4.11. The molecule has 1 aromatic heterocycles. The van der Waals surface area contributed by atoms with Crippen LogP contribution in [0.4, 0.5) is 0 Å². The quantitative estimate of drug-likeness (QED) is 0.343. The average molecular weight is 418 g/mol. The van der Waals surface area contributed by atoms with E-state index in [2.05, 4.69) is 4.98 Å². The summed E-state index contributed by atoms with van der Waals surface area (Å²) in [7, 11) is 0. The normalized spacial score (nSPS) is 18.3. The lowest BCUT2D eigenvalue weighted by Crippen LogP contribution is -2.30. The first-order valence-electron chi connectivity index (χ1n) is 10.5. The van der Waals surface area contributed by atoms with Gasteiger partial charge in [0.2, 0.25) is 0 Å². The molecule has 0 spiro atoms. The number of aliphatic hydroxyl groups excluding tert-OH is 1. The zero-order valence-electron chi connectivity index (χ0n) is 17.9. The van der Waals surface area contributed by atoms with Gasteiger partial charge in [-0.3, -0.25) is 9.59 Å². The Morgan fingerprint density at radius 3 is 2.52 bits per heavy atom. The summed E-state index contributed by atoms with van der Waals surface area (Å²) in [5.74, 6) is -0.704. The second-order valence-electron chi connectivity index (χ2n) is 7.98. The van der Waals surface area contributed by atoms with Crippen molar-refractivity contribution >= 4 is 28.4 Å². The minimum absolute atomic E-state index is 0.0402. The number of ether oxygens (including phenoxy) is 1. The van der Waals surface area contributed by atoms with E-state index in [1.807, 2.05) is 69.3 Å². The van der Waals surface area contributed by atoms with Gasteiger partial charge in [-0.15, -0.1) is 0 Å². The fraction of sp³-hybridized carbons (Fsp3) is 0.280. The number of hydrogen-bond acceptors (Lipinski definition) is 4. The van der Waals surface area contributed by atoms with Gasteiger partial charge in [-0.1, -0.05) is 37.3 Å². The van der Waals surface area contributed by atoms with Crippen molar-refractivity contribution in [3.05, 3.63) is 71.4 Å². The lowest BCUT2D eigenvalue weighted by Gasteiger charge is -2.25. The van der Waals surface area contributed by atoms with Gasteiger partial charge in [0.1, 0.15) is 11.5 Å². The van der Waals surface area contributed by atoms with Gasteiger partial charge in [-0.25, -0.2) is 0 Å². The molecule has 2 N–H and O–H groups in total. The molecule has 6 nitrogen and oxygen atoms in total. The largest absolute Gasteiger partial charge is 0.507 e. The van der Waals surface area contributed by atoms with Gasteiger partial charge >= 0.3 is 0 Å². The smallest absolute Gasteiger partial charge is 0.295 e. The molecule has 160 valence electrons. The van der Waals surface area contributed by atoms with Crippen molar-refractivity contribution in [2.75, 3.05) is 6.54 Å². The highest BCUT2D eigenvalue weighted by atomic mass is 16.5. The molecule has 1 amide bonds. The molecule has 1 aliphatic heterocycles. The van der Waals surface area contributed by atoms with Crippen molar-refractivity contribution in [1.29, 1.82) is 0 Å². The first kappa shape index (κ1) is 20.7. The molecule has 1 saturated heterocycles. The molecule has 1 atom stereocenters. The Balaban J connectivity index is 1.85. The number of aromatic amines is 1. The number of benzene rings is 2. The second-order valence-corrected chi connectivity index (χ2v) is 7.98. The first-order valence-corrected chi connectivity index (χ1v) is 10.5. The molecule has 31 heavy (non-hydrogen) atoms. The van der Waals surface area contributed by atoms with Crippen LogP contribution in [0.15, 0.2) is 60.3 Å². The van der Waals surface area contributed by atoms with Crippen LogP contribution in [0.3, 0.4) is 0 Å². The maximum atomic E-state index is 13.0. The molecule has 1 fully saturated rings. The number of nitrogens with zero attached hydrogens (tertiary/aromatic N) is 1. The van der Waals surface area contributed by atoms with Gasteiger partial charge in [-0.05, 0) is 44.0 Å². The van der Waals surface area contributed by atoms with E-state index in [-0.39, 0.29) is 17.4 Å². The number of carbonyl (C=O) groups is 2. The summed E-state index contributed by atoms with van der Waals surface area (Å²) in [5, 5.41) is 12.0. The van der Waals surface area contributed by atoms with Crippen LogP contribution < -0.4 is 4.74 Å². The summed E-state index contributed by atoms with van der Waals surface area (Å²) in [6.07, 6.45) is 2.41. The van der Waals surface area contributed by atoms with Crippen molar-refractivity contribution in [2.24, 2.45) is 0 Å². The van der Waals surface area contributed by atoms with Crippen molar-refractivity contribution in [3.63, 3.8) is 0 Å². The molecule has 3 aromatic rings. The van der Waals surface area contributed by atoms with Crippen LogP contribution >= 0.6 is 0 Å². The number of aliphatic hydroxyl groups is 1. The number of para-hydroxylation sites is 1. The number of carbonyl (C=O) groups excluding carboxylic acids is 2. The summed E-state index contributed by atoms with van der Waals surface area (Å²) >= 11 is 0. The molecule has 1 unspecified atom stereocenters. The van der Waals surface area contributed by atoms with Crippen LogP contribution in [0, 0.1) is 0 Å². The van der Waals surface area contributed by atoms with E-state index in [0.717, 1.165) is 16.5 Å². The number of Topliss-reactive ketones (excluding diaryl/α,β-unsaturated/α-hetero) is 1. The topological polar surface area (TPSA) is 82.6 Å². The van der Waals surface area contributed by atoms with E-state index in [1.54, 1.807) is 11.1 Å². The SMILES string of the molecule is CCCN1C(=O)C(=O)/C(=C(\O)c2c[nH]c3ccccc23)C1c1ccc(OC(C)C)cc1. The number of amides is 1. The minimum atomic E-state index is -0.663. The molecule has 2 aromatic carbocycles. The van der Waals surface area contributed by atoms with Gasteiger partial charge in [-0.2, -0.15) is 0 Å². The van der Waals surface area contributed by atoms with E-state index >= 15 is 0 Å². The predicted octanol–water partition coefficient (Wildman–Crippen LogP) is 4.79. The number of ketones is 1. The summed E-state index contributed by atoms with van der Waals surface area (Å²) in [5.41, 5.74) is 2.22. The van der Waals surface area contributed by atoms with Crippen LogP contribution in [-0.4, -0.2) is 39.3 Å². The highest BCUT2D eigenvalue weighted by Crippen LogP contribution is 2.41. The van der Waals surface area contributed by atoms with Crippen LogP contribution in [0.25, 0.3) is 16.7 Å². The Hall–Kier alpha value is -3.54. The molecule has 0 saturated carbocycles.